The van der Waals surface area contributed by atoms with Crippen LogP contribution in [-0.2, 0) is 33.5 Å². The van der Waals surface area contributed by atoms with Crippen LogP contribution in [0.5, 0.6) is 0 Å². The number of alkyl halides is 3. The number of imidazole rings is 1. The molecule has 196 valence electrons. The van der Waals surface area contributed by atoms with Crippen LogP contribution in [0.1, 0.15) is 29.7 Å². The number of anilines is 1. The Morgan fingerprint density at radius 1 is 1.11 bits per heavy atom. The van der Waals surface area contributed by atoms with E-state index in [1.165, 1.54) is 13.2 Å². The molecule has 4 rings (SSSR count). The molecule has 1 aromatic heterocycles. The number of halogens is 3. The maximum Gasteiger partial charge on any atom is 0.416 e. The molecule has 1 fully saturated rings. The van der Waals surface area contributed by atoms with Crippen LogP contribution in [0.3, 0.4) is 0 Å². The number of nitrogens with one attached hydrogen (secondary N) is 1. The Labute approximate surface area is 213 Å². The SMILES string of the molecule is COC(=O)[C@H](Cc1cn(Cc2ccccc2)cn1)NC(=O)C1CCN(c2cccc(C(F)(F)F)c2)CC1. The first-order chi connectivity index (χ1) is 17.7. The second-order valence-corrected chi connectivity index (χ2v) is 9.12. The van der Waals surface area contributed by atoms with Crippen molar-refractivity contribution in [3.8, 4) is 0 Å². The van der Waals surface area contributed by atoms with Crippen molar-refractivity contribution in [2.24, 2.45) is 5.92 Å². The molecular formula is C27H29F3N4O3. The third kappa shape index (κ3) is 6.90. The first-order valence-electron chi connectivity index (χ1n) is 12.1. The van der Waals surface area contributed by atoms with Crippen LogP contribution in [0.2, 0.25) is 0 Å². The number of hydrogen-bond donors (Lipinski definition) is 1. The lowest BCUT2D eigenvalue weighted by Crippen LogP contribution is -2.48. The lowest BCUT2D eigenvalue weighted by molar-refractivity contribution is -0.145. The van der Waals surface area contributed by atoms with Gasteiger partial charge < -0.3 is 19.5 Å². The monoisotopic (exact) mass is 514 g/mol. The summed E-state index contributed by atoms with van der Waals surface area (Å²) in [6.45, 7) is 1.51. The van der Waals surface area contributed by atoms with E-state index in [1.54, 1.807) is 12.4 Å². The predicted octanol–water partition coefficient (Wildman–Crippen LogP) is 4.07. The van der Waals surface area contributed by atoms with Crippen LogP contribution in [0.25, 0.3) is 0 Å². The highest BCUT2D eigenvalue weighted by atomic mass is 19.4. The van der Waals surface area contributed by atoms with Crippen molar-refractivity contribution in [3.63, 3.8) is 0 Å². The fraction of sp³-hybridized carbons (Fsp3) is 0.370. The van der Waals surface area contributed by atoms with Crippen LogP contribution in [0.15, 0.2) is 67.1 Å². The summed E-state index contributed by atoms with van der Waals surface area (Å²) in [6.07, 6.45) is 0.214. The van der Waals surface area contributed by atoms with E-state index in [2.05, 4.69) is 10.3 Å². The molecule has 2 aromatic carbocycles. The Balaban J connectivity index is 1.34. The number of carbonyl (C=O) groups excluding carboxylic acids is 2. The summed E-state index contributed by atoms with van der Waals surface area (Å²) >= 11 is 0. The predicted molar refractivity (Wildman–Crippen MR) is 132 cm³/mol. The number of carbonyl (C=O) groups is 2. The summed E-state index contributed by atoms with van der Waals surface area (Å²) < 4.78 is 46.0. The van der Waals surface area contributed by atoms with Crippen molar-refractivity contribution in [1.82, 2.24) is 14.9 Å². The highest BCUT2D eigenvalue weighted by Gasteiger charge is 2.32. The summed E-state index contributed by atoms with van der Waals surface area (Å²) in [4.78, 5) is 31.6. The molecule has 37 heavy (non-hydrogen) atoms. The number of amides is 1. The molecule has 0 saturated carbocycles. The van der Waals surface area contributed by atoms with E-state index in [4.69, 9.17) is 4.74 Å². The molecule has 7 nitrogen and oxygen atoms in total. The normalized spacial score (nSPS) is 15.3. The molecule has 3 aromatic rings. The van der Waals surface area contributed by atoms with Gasteiger partial charge in [0.1, 0.15) is 6.04 Å². The third-order valence-corrected chi connectivity index (χ3v) is 6.51. The van der Waals surface area contributed by atoms with Crippen molar-refractivity contribution < 1.29 is 27.5 Å². The van der Waals surface area contributed by atoms with Gasteiger partial charge >= 0.3 is 12.1 Å². The molecule has 1 saturated heterocycles. The smallest absolute Gasteiger partial charge is 0.416 e. The number of nitrogens with zero attached hydrogens (tertiary/aromatic N) is 3. The topological polar surface area (TPSA) is 76.5 Å². The lowest BCUT2D eigenvalue weighted by atomic mass is 9.94. The lowest BCUT2D eigenvalue weighted by Gasteiger charge is -2.33. The van der Waals surface area contributed by atoms with Gasteiger partial charge in [-0.25, -0.2) is 9.78 Å². The average molecular weight is 515 g/mol. The van der Waals surface area contributed by atoms with Crippen molar-refractivity contribution in [2.45, 2.75) is 38.0 Å². The van der Waals surface area contributed by atoms with Gasteiger partial charge in [0.15, 0.2) is 0 Å². The number of rotatable bonds is 8. The Morgan fingerprint density at radius 2 is 1.84 bits per heavy atom. The number of aromatic nitrogens is 2. The Kier molecular flexibility index (Phi) is 8.15. The molecule has 1 N–H and O–H groups in total. The van der Waals surface area contributed by atoms with E-state index in [1.807, 2.05) is 46.0 Å². The first kappa shape index (κ1) is 26.2. The molecule has 0 radical (unpaired) electrons. The van der Waals surface area contributed by atoms with E-state index in [-0.39, 0.29) is 18.2 Å². The van der Waals surface area contributed by atoms with Gasteiger partial charge in [0.25, 0.3) is 0 Å². The molecule has 1 atom stereocenters. The van der Waals surface area contributed by atoms with Crippen molar-refractivity contribution in [2.75, 3.05) is 25.1 Å². The maximum atomic E-state index is 13.1. The van der Waals surface area contributed by atoms with E-state index in [9.17, 15) is 22.8 Å². The van der Waals surface area contributed by atoms with Crippen LogP contribution < -0.4 is 10.2 Å². The van der Waals surface area contributed by atoms with E-state index in [0.29, 0.717) is 43.9 Å². The number of esters is 1. The van der Waals surface area contributed by atoms with E-state index < -0.39 is 23.8 Å². The molecule has 1 aliphatic heterocycles. The largest absolute Gasteiger partial charge is 0.467 e. The summed E-state index contributed by atoms with van der Waals surface area (Å²) in [7, 11) is 1.27. The molecule has 0 unspecified atom stereocenters. The van der Waals surface area contributed by atoms with Crippen LogP contribution >= 0.6 is 0 Å². The molecule has 10 heteroatoms. The van der Waals surface area contributed by atoms with E-state index >= 15 is 0 Å². The number of piperidine rings is 1. The summed E-state index contributed by atoms with van der Waals surface area (Å²) in [5.41, 5.74) is 1.54. The van der Waals surface area contributed by atoms with E-state index in [0.717, 1.165) is 17.7 Å². The zero-order valence-corrected chi connectivity index (χ0v) is 20.4. The molecule has 2 heterocycles. The van der Waals surface area contributed by atoms with Gasteiger partial charge in [-0.15, -0.1) is 0 Å². The quantitative estimate of drug-likeness (QED) is 0.459. The Morgan fingerprint density at radius 3 is 2.51 bits per heavy atom. The van der Waals surface area contributed by atoms with Gasteiger partial charge in [0.2, 0.25) is 5.91 Å². The Bertz CT molecular complexity index is 1200. The van der Waals surface area contributed by atoms with Gasteiger partial charge in [-0.3, -0.25) is 4.79 Å². The first-order valence-corrected chi connectivity index (χ1v) is 12.1. The molecule has 0 aliphatic carbocycles. The van der Waals surface area contributed by atoms with Gasteiger partial charge in [-0.05, 0) is 36.6 Å². The van der Waals surface area contributed by atoms with Gasteiger partial charge in [-0.2, -0.15) is 13.2 Å². The number of benzene rings is 2. The van der Waals surface area contributed by atoms with Crippen molar-refractivity contribution in [3.05, 3.63) is 83.9 Å². The van der Waals surface area contributed by atoms with Crippen LogP contribution in [0, 0.1) is 5.92 Å². The van der Waals surface area contributed by atoms with Gasteiger partial charge in [0, 0.05) is 43.9 Å². The van der Waals surface area contributed by atoms with Gasteiger partial charge in [-0.1, -0.05) is 36.4 Å². The summed E-state index contributed by atoms with van der Waals surface area (Å²) in [5.74, 6) is -1.19. The van der Waals surface area contributed by atoms with Gasteiger partial charge in [0.05, 0.1) is 24.7 Å². The maximum absolute atomic E-state index is 13.1. The molecule has 1 amide bonds. The molecule has 1 aliphatic rings. The highest BCUT2D eigenvalue weighted by molar-refractivity contribution is 5.86. The molecule has 0 bridgehead atoms. The van der Waals surface area contributed by atoms with Crippen LogP contribution in [0.4, 0.5) is 18.9 Å². The molecular weight excluding hydrogens is 485 g/mol. The second kappa shape index (κ2) is 11.5. The summed E-state index contributed by atoms with van der Waals surface area (Å²) in [5, 5.41) is 2.80. The standard InChI is InChI=1S/C27H29F3N4O3/c1-37-26(36)24(15-22-17-33(18-31-22)16-19-6-3-2-4-7-19)32-25(35)20-10-12-34(13-11-20)23-9-5-8-21(14-23)27(28,29)30/h2-9,14,17-18,20,24H,10-13,15-16H2,1H3,(H,32,35)/t24-/m0/s1. The number of methoxy groups -OCH3 is 1. The van der Waals surface area contributed by atoms with Crippen LogP contribution in [-0.4, -0.2) is 47.7 Å². The minimum absolute atomic E-state index is 0.184. The number of ether oxygens (including phenoxy) is 1. The molecule has 0 spiro atoms. The fourth-order valence-corrected chi connectivity index (χ4v) is 4.51. The fourth-order valence-electron chi connectivity index (χ4n) is 4.51. The van der Waals surface area contributed by atoms with Crippen molar-refractivity contribution >= 4 is 17.6 Å². The zero-order chi connectivity index (χ0) is 26.4. The second-order valence-electron chi connectivity index (χ2n) is 9.12. The minimum atomic E-state index is -4.41. The summed E-state index contributed by atoms with van der Waals surface area (Å²) in [6, 6.07) is 14.2. The Hall–Kier alpha value is -3.82. The third-order valence-electron chi connectivity index (χ3n) is 6.51. The average Bonchev–Trinajstić information content (AvgIpc) is 3.34. The highest BCUT2D eigenvalue weighted by Crippen LogP contribution is 2.32. The van der Waals surface area contributed by atoms with Crippen molar-refractivity contribution in [1.29, 1.82) is 0 Å². The number of hydrogen-bond acceptors (Lipinski definition) is 5. The zero-order valence-electron chi connectivity index (χ0n) is 20.4. The minimum Gasteiger partial charge on any atom is -0.467 e.